The normalized spacial score (nSPS) is 20.8. The predicted molar refractivity (Wildman–Crippen MR) is 97.1 cm³/mol. The van der Waals surface area contributed by atoms with E-state index in [0.29, 0.717) is 18.2 Å². The van der Waals surface area contributed by atoms with Crippen LogP contribution in [0.15, 0.2) is 36.5 Å². The largest absolute Gasteiger partial charge is 0.380 e. The summed E-state index contributed by atoms with van der Waals surface area (Å²) in [5.41, 5.74) is 2.34. The van der Waals surface area contributed by atoms with Crippen LogP contribution in [0, 0.1) is 6.92 Å². The van der Waals surface area contributed by atoms with E-state index in [0.717, 1.165) is 24.3 Å². The Kier molecular flexibility index (Phi) is 5.20. The maximum atomic E-state index is 12.9. The number of para-hydroxylation sites is 1. The van der Waals surface area contributed by atoms with Crippen LogP contribution in [-0.4, -0.2) is 71.9 Å². The van der Waals surface area contributed by atoms with Gasteiger partial charge in [-0.15, -0.1) is 0 Å². The van der Waals surface area contributed by atoms with Crippen molar-refractivity contribution in [2.24, 2.45) is 0 Å². The number of hydrogen-bond acceptors (Lipinski definition) is 4. The van der Waals surface area contributed by atoms with Gasteiger partial charge in [0.25, 0.3) is 5.91 Å². The van der Waals surface area contributed by atoms with E-state index in [1.807, 2.05) is 50.5 Å². The molecule has 0 unspecified atom stereocenters. The molecule has 0 N–H and O–H groups in total. The number of nitrogens with zero attached hydrogens (tertiary/aromatic N) is 4. The molecule has 1 aromatic carbocycles. The van der Waals surface area contributed by atoms with Gasteiger partial charge < -0.3 is 9.64 Å². The summed E-state index contributed by atoms with van der Waals surface area (Å²) in [5.74, 6) is 0.00829. The third-order valence-electron chi connectivity index (χ3n) is 4.96. The van der Waals surface area contributed by atoms with Crippen molar-refractivity contribution in [3.05, 3.63) is 47.8 Å². The molecule has 2 atom stereocenters. The van der Waals surface area contributed by atoms with Crippen molar-refractivity contribution in [2.75, 3.05) is 34.3 Å². The molecule has 1 aliphatic rings. The van der Waals surface area contributed by atoms with Crippen LogP contribution in [0.4, 0.5) is 0 Å². The summed E-state index contributed by atoms with van der Waals surface area (Å²) in [6.45, 7) is 3.47. The lowest BCUT2D eigenvalue weighted by atomic mass is 10.1. The number of likely N-dealkylation sites (N-methyl/N-ethyl adjacent to an activating group) is 2. The van der Waals surface area contributed by atoms with Crippen molar-refractivity contribution in [1.29, 1.82) is 0 Å². The summed E-state index contributed by atoms with van der Waals surface area (Å²) < 4.78 is 7.21. The third-order valence-corrected chi connectivity index (χ3v) is 4.96. The van der Waals surface area contributed by atoms with E-state index in [1.165, 1.54) is 0 Å². The highest BCUT2D eigenvalue weighted by Gasteiger charge is 2.31. The van der Waals surface area contributed by atoms with Gasteiger partial charge in [0, 0.05) is 39.5 Å². The molecule has 2 heterocycles. The summed E-state index contributed by atoms with van der Waals surface area (Å²) in [7, 11) is 5.69. The second-order valence-electron chi connectivity index (χ2n) is 6.78. The fourth-order valence-electron chi connectivity index (χ4n) is 3.40. The Balaban J connectivity index is 1.71. The lowest BCUT2D eigenvalue weighted by Crippen LogP contribution is -2.39. The molecule has 1 aliphatic heterocycles. The molecule has 0 bridgehead atoms. The van der Waals surface area contributed by atoms with Crippen molar-refractivity contribution >= 4 is 5.91 Å². The highest BCUT2D eigenvalue weighted by molar-refractivity contribution is 5.95. The average molecular weight is 342 g/mol. The quantitative estimate of drug-likeness (QED) is 0.834. The zero-order valence-corrected chi connectivity index (χ0v) is 15.3. The van der Waals surface area contributed by atoms with E-state index in [-0.39, 0.29) is 12.0 Å². The topological polar surface area (TPSA) is 50.6 Å². The smallest absolute Gasteiger partial charge is 0.257 e. The predicted octanol–water partition coefficient (Wildman–Crippen LogP) is 1.97. The molecule has 1 aromatic heterocycles. The van der Waals surface area contributed by atoms with Crippen LogP contribution in [0.25, 0.3) is 5.69 Å². The number of carbonyl (C=O) groups excluding carboxylic acids is 1. The molecule has 0 radical (unpaired) electrons. The molecule has 1 amide bonds. The third kappa shape index (κ3) is 3.75. The van der Waals surface area contributed by atoms with Gasteiger partial charge in [0.1, 0.15) is 0 Å². The number of methoxy groups -OCH3 is 1. The number of hydrogen-bond donors (Lipinski definition) is 0. The molecule has 6 nitrogen and oxygen atoms in total. The number of likely N-dealkylation sites (tertiary alicyclic amines) is 1. The summed E-state index contributed by atoms with van der Waals surface area (Å²) in [4.78, 5) is 16.9. The van der Waals surface area contributed by atoms with Gasteiger partial charge in [-0.3, -0.25) is 9.69 Å². The van der Waals surface area contributed by atoms with Crippen LogP contribution in [0.2, 0.25) is 0 Å². The maximum absolute atomic E-state index is 12.9. The minimum absolute atomic E-state index is 0.00829. The zero-order chi connectivity index (χ0) is 18.0. The Morgan fingerprint density at radius 2 is 2.08 bits per heavy atom. The first-order chi connectivity index (χ1) is 12.0. The van der Waals surface area contributed by atoms with Gasteiger partial charge in [-0.1, -0.05) is 18.2 Å². The number of carbonyl (C=O) groups is 1. The lowest BCUT2D eigenvalue weighted by Gasteiger charge is -2.25. The van der Waals surface area contributed by atoms with Crippen LogP contribution >= 0.6 is 0 Å². The molecule has 3 rings (SSSR count). The highest BCUT2D eigenvalue weighted by atomic mass is 16.5. The Labute approximate surface area is 149 Å². The van der Waals surface area contributed by atoms with Crippen molar-refractivity contribution in [3.63, 3.8) is 0 Å². The van der Waals surface area contributed by atoms with E-state index in [2.05, 4.69) is 17.0 Å². The molecular weight excluding hydrogens is 316 g/mol. The summed E-state index contributed by atoms with van der Waals surface area (Å²) >= 11 is 0. The van der Waals surface area contributed by atoms with Crippen LogP contribution < -0.4 is 0 Å². The number of aryl methyl sites for hydroxylation is 1. The number of benzene rings is 1. The van der Waals surface area contributed by atoms with E-state index in [9.17, 15) is 4.79 Å². The molecule has 0 aliphatic carbocycles. The van der Waals surface area contributed by atoms with Crippen molar-refractivity contribution < 1.29 is 9.53 Å². The van der Waals surface area contributed by atoms with Crippen molar-refractivity contribution in [2.45, 2.75) is 25.5 Å². The SMILES string of the molecule is CO[C@H]1C[C@@H](CN(C)C(=O)c2cn(-c3ccccc3)nc2C)N(C)C1. The minimum atomic E-state index is 0.00829. The molecule has 134 valence electrons. The Morgan fingerprint density at radius 1 is 1.36 bits per heavy atom. The molecular formula is C19H26N4O2. The van der Waals surface area contributed by atoms with Crippen molar-refractivity contribution in [3.8, 4) is 5.69 Å². The number of rotatable bonds is 5. The Morgan fingerprint density at radius 3 is 2.72 bits per heavy atom. The monoisotopic (exact) mass is 342 g/mol. The molecule has 1 fully saturated rings. The number of ether oxygens (including phenoxy) is 1. The second-order valence-corrected chi connectivity index (χ2v) is 6.78. The summed E-state index contributed by atoms with van der Waals surface area (Å²) in [6, 6.07) is 10.2. The van der Waals surface area contributed by atoms with Gasteiger partial charge in [0.05, 0.1) is 23.0 Å². The van der Waals surface area contributed by atoms with Crippen LogP contribution in [0.3, 0.4) is 0 Å². The highest BCUT2D eigenvalue weighted by Crippen LogP contribution is 2.20. The summed E-state index contributed by atoms with van der Waals surface area (Å²) in [6.07, 6.45) is 3.02. The maximum Gasteiger partial charge on any atom is 0.257 e. The average Bonchev–Trinajstić information content (AvgIpc) is 3.18. The Hall–Kier alpha value is -2.18. The van der Waals surface area contributed by atoms with E-state index in [4.69, 9.17) is 4.74 Å². The van der Waals surface area contributed by atoms with Gasteiger partial charge in [-0.2, -0.15) is 5.10 Å². The molecule has 25 heavy (non-hydrogen) atoms. The first kappa shape index (κ1) is 17.6. The van der Waals surface area contributed by atoms with Crippen molar-refractivity contribution in [1.82, 2.24) is 19.6 Å². The van der Waals surface area contributed by atoms with Gasteiger partial charge in [0.15, 0.2) is 0 Å². The first-order valence-corrected chi connectivity index (χ1v) is 8.59. The second kappa shape index (κ2) is 7.37. The lowest BCUT2D eigenvalue weighted by molar-refractivity contribution is 0.0759. The number of aromatic nitrogens is 2. The molecule has 0 spiro atoms. The number of amides is 1. The van der Waals surface area contributed by atoms with Crippen LogP contribution in [0.5, 0.6) is 0 Å². The van der Waals surface area contributed by atoms with E-state index in [1.54, 1.807) is 16.7 Å². The molecule has 2 aromatic rings. The minimum Gasteiger partial charge on any atom is -0.380 e. The van der Waals surface area contributed by atoms with Gasteiger partial charge >= 0.3 is 0 Å². The first-order valence-electron chi connectivity index (χ1n) is 8.59. The van der Waals surface area contributed by atoms with Gasteiger partial charge in [-0.25, -0.2) is 4.68 Å². The Bertz CT molecular complexity index is 728. The zero-order valence-electron chi connectivity index (χ0n) is 15.3. The fraction of sp³-hybridized carbons (Fsp3) is 0.474. The molecule has 1 saturated heterocycles. The van der Waals surface area contributed by atoms with Crippen LogP contribution in [-0.2, 0) is 4.74 Å². The van der Waals surface area contributed by atoms with E-state index >= 15 is 0 Å². The molecule has 0 saturated carbocycles. The van der Waals surface area contributed by atoms with Gasteiger partial charge in [-0.05, 0) is 32.5 Å². The summed E-state index contributed by atoms with van der Waals surface area (Å²) in [5, 5.41) is 4.50. The fourth-order valence-corrected chi connectivity index (χ4v) is 3.40. The van der Waals surface area contributed by atoms with E-state index < -0.39 is 0 Å². The standard InChI is InChI=1S/C19H26N4O2/c1-14-18(13-23(20-14)15-8-6-5-7-9-15)19(24)22(3)11-16-10-17(25-4)12-21(16)2/h5-9,13,16-17H,10-12H2,1-4H3/t16-,17-/m0/s1. The molecule has 6 heteroatoms. The van der Waals surface area contributed by atoms with Crippen LogP contribution in [0.1, 0.15) is 22.5 Å². The van der Waals surface area contributed by atoms with Gasteiger partial charge in [0.2, 0.25) is 0 Å².